The van der Waals surface area contributed by atoms with Gasteiger partial charge in [0.25, 0.3) is 0 Å². The molecule has 0 spiro atoms. The van der Waals surface area contributed by atoms with Gasteiger partial charge in [0.1, 0.15) is 0 Å². The molecular formula is C4H10ClNO2. The van der Waals surface area contributed by atoms with E-state index in [-0.39, 0.29) is 18.5 Å². The van der Waals surface area contributed by atoms with Gasteiger partial charge in [0, 0.05) is 13.1 Å². The van der Waals surface area contributed by atoms with Crippen LogP contribution in [0.5, 0.6) is 0 Å². The highest BCUT2D eigenvalue weighted by molar-refractivity contribution is 5.85. The second-order valence-corrected chi connectivity index (χ2v) is 1.86. The summed E-state index contributed by atoms with van der Waals surface area (Å²) in [7, 11) is 0. The molecule has 8 heavy (non-hydrogen) atoms. The molecule has 3 nitrogen and oxygen atoms in total. The van der Waals surface area contributed by atoms with Crippen LogP contribution in [-0.4, -0.2) is 34.6 Å². The molecule has 0 bridgehead atoms. The Bertz CT molecular complexity index is 63.1. The molecule has 4 heteroatoms. The normalized spacial score (nSPS) is 30.0. The van der Waals surface area contributed by atoms with Gasteiger partial charge >= 0.3 is 0 Å². The third kappa shape index (κ3) is 1.96. The van der Waals surface area contributed by atoms with Crippen molar-refractivity contribution in [2.24, 2.45) is 0 Å². The Hall–Kier alpha value is 0.170. The maximum absolute atomic E-state index is 8.70. The predicted octanol–water partition coefficient (Wildman–Crippen LogP) is -0.136. The number of halogens is 1. The van der Waals surface area contributed by atoms with Crippen LogP contribution in [0.3, 0.4) is 0 Å². The van der Waals surface area contributed by atoms with Crippen molar-refractivity contribution in [2.75, 3.05) is 13.1 Å². The van der Waals surface area contributed by atoms with E-state index >= 15 is 0 Å². The lowest BCUT2D eigenvalue weighted by atomic mass is 10.3. The summed E-state index contributed by atoms with van der Waals surface area (Å²) in [5.41, 5.74) is 0. The Balaban J connectivity index is 0.000000490. The highest BCUT2D eigenvalue weighted by atomic mass is 35.5. The van der Waals surface area contributed by atoms with E-state index in [2.05, 4.69) is 0 Å². The highest BCUT2D eigenvalue weighted by Crippen LogP contribution is 2.03. The third-order valence-electron chi connectivity index (χ3n) is 1.14. The minimum absolute atomic E-state index is 0. The van der Waals surface area contributed by atoms with Crippen LogP contribution < -0.4 is 0 Å². The molecule has 0 amide bonds. The first-order valence-corrected chi connectivity index (χ1v) is 2.41. The van der Waals surface area contributed by atoms with Crippen LogP contribution in [0.1, 0.15) is 6.42 Å². The van der Waals surface area contributed by atoms with E-state index < -0.39 is 0 Å². The van der Waals surface area contributed by atoms with Gasteiger partial charge < -0.3 is 10.3 Å². The summed E-state index contributed by atoms with van der Waals surface area (Å²) in [5, 5.41) is 18.4. The Labute approximate surface area is 54.3 Å². The molecule has 1 aliphatic heterocycles. The highest BCUT2D eigenvalue weighted by Gasteiger charge is 2.16. The first-order valence-electron chi connectivity index (χ1n) is 2.41. The number of hydrogen-bond donors (Lipinski definition) is 2. The second kappa shape index (κ2) is 3.25. The molecule has 0 aromatic rings. The average molecular weight is 140 g/mol. The molecule has 1 atom stereocenters. The molecule has 0 aromatic heterocycles. The summed E-state index contributed by atoms with van der Waals surface area (Å²) in [5.74, 6) is 0. The van der Waals surface area contributed by atoms with Gasteiger partial charge in [0.15, 0.2) is 0 Å². The van der Waals surface area contributed by atoms with Crippen molar-refractivity contribution >= 4 is 12.4 Å². The molecule has 1 aliphatic rings. The van der Waals surface area contributed by atoms with Crippen molar-refractivity contribution in [3.63, 3.8) is 0 Å². The van der Waals surface area contributed by atoms with E-state index in [9.17, 15) is 0 Å². The molecule has 1 rings (SSSR count). The lowest BCUT2D eigenvalue weighted by Gasteiger charge is -2.00. The first kappa shape index (κ1) is 8.17. The van der Waals surface area contributed by atoms with Gasteiger partial charge in [-0.1, -0.05) is 0 Å². The summed E-state index contributed by atoms with van der Waals surface area (Å²) >= 11 is 0. The van der Waals surface area contributed by atoms with Crippen LogP contribution in [0.4, 0.5) is 0 Å². The fourth-order valence-electron chi connectivity index (χ4n) is 0.724. The number of aliphatic hydroxyl groups is 1. The fraction of sp³-hybridized carbons (Fsp3) is 1.00. The van der Waals surface area contributed by atoms with Gasteiger partial charge in [0.05, 0.1) is 6.10 Å². The maximum Gasteiger partial charge on any atom is 0.0703 e. The van der Waals surface area contributed by atoms with Crippen LogP contribution in [0.25, 0.3) is 0 Å². The quantitative estimate of drug-likeness (QED) is 0.491. The van der Waals surface area contributed by atoms with Crippen molar-refractivity contribution in [1.82, 2.24) is 5.06 Å². The summed E-state index contributed by atoms with van der Waals surface area (Å²) in [4.78, 5) is 0. The molecule has 0 unspecified atom stereocenters. The summed E-state index contributed by atoms with van der Waals surface area (Å²) in [6.07, 6.45) is 0.404. The Morgan fingerprint density at radius 2 is 2.12 bits per heavy atom. The van der Waals surface area contributed by atoms with E-state index in [4.69, 9.17) is 10.3 Å². The number of rotatable bonds is 0. The molecule has 0 aliphatic carbocycles. The van der Waals surface area contributed by atoms with E-state index in [1.165, 1.54) is 0 Å². The zero-order valence-corrected chi connectivity index (χ0v) is 5.27. The summed E-state index contributed by atoms with van der Waals surface area (Å²) < 4.78 is 0. The van der Waals surface area contributed by atoms with Crippen molar-refractivity contribution in [1.29, 1.82) is 0 Å². The summed E-state index contributed by atoms with van der Waals surface area (Å²) in [6, 6.07) is 0. The number of aliphatic hydroxyl groups excluding tert-OH is 1. The predicted molar refractivity (Wildman–Crippen MR) is 31.2 cm³/mol. The Morgan fingerprint density at radius 3 is 2.25 bits per heavy atom. The zero-order chi connectivity index (χ0) is 5.28. The second-order valence-electron chi connectivity index (χ2n) is 1.86. The number of β-amino-alcohol motifs (C(OH)–C–C–N with tert-alkyl or cyclic N) is 1. The number of hydroxylamine groups is 2. The third-order valence-corrected chi connectivity index (χ3v) is 1.14. The number of nitrogens with zero attached hydrogens (tertiary/aromatic N) is 1. The topological polar surface area (TPSA) is 43.7 Å². The van der Waals surface area contributed by atoms with Crippen LogP contribution in [0, 0.1) is 0 Å². The van der Waals surface area contributed by atoms with Gasteiger partial charge in [-0.05, 0) is 6.42 Å². The lowest BCUT2D eigenvalue weighted by Crippen LogP contribution is -2.16. The van der Waals surface area contributed by atoms with E-state index in [0.717, 1.165) is 5.06 Å². The molecule has 2 N–H and O–H groups in total. The van der Waals surface area contributed by atoms with Crippen LogP contribution >= 0.6 is 12.4 Å². The molecule has 1 saturated heterocycles. The van der Waals surface area contributed by atoms with Crippen LogP contribution in [0.2, 0.25) is 0 Å². The monoisotopic (exact) mass is 139 g/mol. The molecule has 0 saturated carbocycles. The average Bonchev–Trinajstić information content (AvgIpc) is 1.87. The van der Waals surface area contributed by atoms with Crippen molar-refractivity contribution in [2.45, 2.75) is 12.5 Å². The SMILES string of the molecule is Cl.O[C@H]1CCN(O)C1. The fourth-order valence-corrected chi connectivity index (χ4v) is 0.724. The number of hydrogen-bond acceptors (Lipinski definition) is 3. The van der Waals surface area contributed by atoms with Crippen LogP contribution in [-0.2, 0) is 0 Å². The molecule has 50 valence electrons. The van der Waals surface area contributed by atoms with Gasteiger partial charge in [-0.25, -0.2) is 0 Å². The summed E-state index contributed by atoms with van der Waals surface area (Å²) in [6.45, 7) is 1.03. The molecular weight excluding hydrogens is 130 g/mol. The maximum atomic E-state index is 8.70. The minimum Gasteiger partial charge on any atom is -0.392 e. The molecule has 0 radical (unpaired) electrons. The van der Waals surface area contributed by atoms with Gasteiger partial charge in [0.2, 0.25) is 0 Å². The van der Waals surface area contributed by atoms with Crippen molar-refractivity contribution in [3.05, 3.63) is 0 Å². The smallest absolute Gasteiger partial charge is 0.0703 e. The van der Waals surface area contributed by atoms with Gasteiger partial charge in [-0.15, -0.1) is 12.4 Å². The van der Waals surface area contributed by atoms with E-state index in [1.807, 2.05) is 0 Å². The van der Waals surface area contributed by atoms with Gasteiger partial charge in [-0.3, -0.25) is 0 Å². The molecule has 0 aromatic carbocycles. The minimum atomic E-state index is -0.301. The van der Waals surface area contributed by atoms with Crippen LogP contribution in [0.15, 0.2) is 0 Å². The standard InChI is InChI=1S/C4H9NO2.ClH/c6-4-1-2-5(7)3-4;/h4,6-7H,1-3H2;1H/t4-;/m0./s1. The van der Waals surface area contributed by atoms with Gasteiger partial charge in [-0.2, -0.15) is 5.06 Å². The largest absolute Gasteiger partial charge is 0.392 e. The Morgan fingerprint density at radius 1 is 1.50 bits per heavy atom. The lowest BCUT2D eigenvalue weighted by molar-refractivity contribution is -0.0759. The molecule has 1 fully saturated rings. The van der Waals surface area contributed by atoms with E-state index in [1.54, 1.807) is 0 Å². The first-order chi connectivity index (χ1) is 3.29. The zero-order valence-electron chi connectivity index (χ0n) is 4.45. The molecule has 1 heterocycles. The van der Waals surface area contributed by atoms with E-state index in [0.29, 0.717) is 19.5 Å². The Kier molecular flexibility index (Phi) is 3.31. The van der Waals surface area contributed by atoms with Crippen molar-refractivity contribution < 1.29 is 10.3 Å². The van der Waals surface area contributed by atoms with Crippen molar-refractivity contribution in [3.8, 4) is 0 Å².